The number of alkyl halides is 3. The van der Waals surface area contributed by atoms with Crippen molar-refractivity contribution in [2.45, 2.75) is 48.4 Å². The quantitative estimate of drug-likeness (QED) is 0.314. The monoisotopic (exact) mass is 606 g/mol. The number of hydrogen-bond donors (Lipinski definition) is 1. The highest BCUT2D eigenvalue weighted by Gasteiger charge is 2.37. The summed E-state index contributed by atoms with van der Waals surface area (Å²) in [6.45, 7) is 0. The van der Waals surface area contributed by atoms with Crippen LogP contribution < -0.4 is 9.46 Å². The zero-order valence-electron chi connectivity index (χ0n) is 20.7. The van der Waals surface area contributed by atoms with Gasteiger partial charge in [0.05, 0.1) is 10.6 Å². The Morgan fingerprint density at radius 1 is 1.08 bits per heavy atom. The largest absolute Gasteiger partial charge is 0.487 e. The molecular formula is C25H24Cl2F4N4O3S. The normalized spacial score (nSPS) is 20.2. The first-order valence-electron chi connectivity index (χ1n) is 11.7. The maximum absolute atomic E-state index is 15.0. The molecule has 4 rings (SSSR count). The number of hydrogen-bond acceptors (Lipinski definition) is 6. The predicted molar refractivity (Wildman–Crippen MR) is 139 cm³/mol. The number of ether oxygens (including phenoxy) is 1. The molecule has 0 unspecified atom stereocenters. The highest BCUT2D eigenvalue weighted by molar-refractivity contribution is 7.92. The Morgan fingerprint density at radius 2 is 1.82 bits per heavy atom. The first kappa shape index (κ1) is 29.3. The van der Waals surface area contributed by atoms with Crippen LogP contribution in [-0.2, 0) is 16.2 Å². The molecule has 0 amide bonds. The second kappa shape index (κ2) is 11.4. The molecule has 1 heterocycles. The van der Waals surface area contributed by atoms with Crippen molar-refractivity contribution in [2.75, 3.05) is 18.8 Å². The molecule has 0 aliphatic heterocycles. The van der Waals surface area contributed by atoms with Gasteiger partial charge in [0.25, 0.3) is 10.0 Å². The van der Waals surface area contributed by atoms with Gasteiger partial charge in [-0.1, -0.05) is 23.2 Å². The Morgan fingerprint density at radius 3 is 2.46 bits per heavy atom. The maximum atomic E-state index is 15.0. The summed E-state index contributed by atoms with van der Waals surface area (Å²) in [5.74, 6) is -1.45. The molecule has 1 fully saturated rings. The summed E-state index contributed by atoms with van der Waals surface area (Å²) in [5, 5.41) is 0.127. The summed E-state index contributed by atoms with van der Waals surface area (Å²) in [5.41, 5.74) is -0.361. The Bertz CT molecular complexity index is 1440. The van der Waals surface area contributed by atoms with Crippen molar-refractivity contribution < 1.29 is 30.7 Å². The fourth-order valence-corrected chi connectivity index (χ4v) is 6.27. The average Bonchev–Trinajstić information content (AvgIpc) is 2.86. The van der Waals surface area contributed by atoms with Crippen LogP contribution in [0.5, 0.6) is 5.75 Å². The van der Waals surface area contributed by atoms with Gasteiger partial charge in [-0.15, -0.1) is 0 Å². The molecule has 1 saturated carbocycles. The Balaban J connectivity index is 1.55. The minimum absolute atomic E-state index is 0.0488. The first-order chi connectivity index (χ1) is 18.3. The summed E-state index contributed by atoms with van der Waals surface area (Å²) >= 11 is 12.6. The summed E-state index contributed by atoms with van der Waals surface area (Å²) in [4.78, 5) is 8.63. The molecule has 3 aromatic rings. The van der Waals surface area contributed by atoms with Crippen LogP contribution in [0.2, 0.25) is 10.0 Å². The maximum Gasteiger partial charge on any atom is 0.416 e. The predicted octanol–water partition coefficient (Wildman–Crippen LogP) is 6.39. The van der Waals surface area contributed by atoms with Gasteiger partial charge in [-0.25, -0.2) is 22.8 Å². The smallest absolute Gasteiger partial charge is 0.416 e. The van der Waals surface area contributed by atoms with Crippen LogP contribution in [0.15, 0.2) is 53.8 Å². The van der Waals surface area contributed by atoms with Crippen molar-refractivity contribution in [3.63, 3.8) is 0 Å². The standard InChI is InChI=1S/C25H24Cl2F4N4O3S/c1-35(2)20-9-14(16-10-15(25(29,30)31)4-5-17(16)26)3-6-21(20)38-22-12-19(28)23(11-18(22)27)39(36,37)34-24-7-8-32-13-33-24/h4-5,7-8,10-14,20-21H,3,6,9H2,1-2H3,(H,32,33,34)/t14-,20-,21-/m0/s1. The summed E-state index contributed by atoms with van der Waals surface area (Å²) < 4.78 is 88.5. The number of aromatic nitrogens is 2. The van der Waals surface area contributed by atoms with Gasteiger partial charge in [0, 0.05) is 23.3 Å². The topological polar surface area (TPSA) is 84.4 Å². The van der Waals surface area contributed by atoms with Crippen LogP contribution in [0, 0.1) is 5.82 Å². The lowest BCUT2D eigenvalue weighted by Crippen LogP contribution is -2.46. The number of sulfonamides is 1. The number of benzene rings is 2. The van der Waals surface area contributed by atoms with Crippen molar-refractivity contribution in [2.24, 2.45) is 0 Å². The summed E-state index contributed by atoms with van der Waals surface area (Å²) in [7, 11) is -0.754. The van der Waals surface area contributed by atoms with Gasteiger partial charge in [0.2, 0.25) is 0 Å². The van der Waals surface area contributed by atoms with Gasteiger partial charge in [0.1, 0.15) is 34.7 Å². The minimum Gasteiger partial charge on any atom is -0.487 e. The molecule has 1 aliphatic carbocycles. The molecule has 3 atom stereocenters. The van der Waals surface area contributed by atoms with E-state index >= 15 is 0 Å². The van der Waals surface area contributed by atoms with Crippen LogP contribution in [0.1, 0.15) is 36.3 Å². The van der Waals surface area contributed by atoms with E-state index in [4.69, 9.17) is 27.9 Å². The average molecular weight is 607 g/mol. The van der Waals surface area contributed by atoms with Gasteiger partial charge < -0.3 is 9.64 Å². The molecule has 0 radical (unpaired) electrons. The number of likely N-dealkylation sites (N-methyl/N-ethyl adjacent to an activating group) is 1. The number of nitrogens with one attached hydrogen (secondary N) is 1. The molecule has 2 aromatic carbocycles. The molecule has 7 nitrogen and oxygen atoms in total. The molecule has 1 aliphatic rings. The van der Waals surface area contributed by atoms with E-state index in [0.717, 1.165) is 30.6 Å². The highest BCUT2D eigenvalue weighted by Crippen LogP contribution is 2.42. The van der Waals surface area contributed by atoms with Gasteiger partial charge in [-0.05, 0) is 75.2 Å². The van der Waals surface area contributed by atoms with Gasteiger partial charge in [0.15, 0.2) is 0 Å². The number of rotatable bonds is 7. The molecule has 14 heteroatoms. The second-order valence-electron chi connectivity index (χ2n) is 9.34. The lowest BCUT2D eigenvalue weighted by molar-refractivity contribution is -0.137. The Kier molecular flexibility index (Phi) is 8.60. The lowest BCUT2D eigenvalue weighted by atomic mass is 9.79. The van der Waals surface area contributed by atoms with Gasteiger partial charge in [-0.3, -0.25) is 4.72 Å². The molecule has 39 heavy (non-hydrogen) atoms. The van der Waals surface area contributed by atoms with E-state index in [1.165, 1.54) is 18.3 Å². The minimum atomic E-state index is -4.49. The zero-order valence-corrected chi connectivity index (χ0v) is 23.0. The Hall–Kier alpha value is -2.67. The van der Waals surface area contributed by atoms with E-state index in [-0.39, 0.29) is 33.6 Å². The SMILES string of the molecule is CN(C)[C@H]1C[C@@H](c2cc(C(F)(F)F)ccc2Cl)CC[C@@H]1Oc1cc(F)c(S(=O)(=O)Nc2ccncn2)cc1Cl. The molecular weight excluding hydrogens is 583 g/mol. The third-order valence-electron chi connectivity index (χ3n) is 6.56. The van der Waals surface area contributed by atoms with E-state index in [1.54, 1.807) is 14.1 Å². The van der Waals surface area contributed by atoms with E-state index < -0.39 is 38.6 Å². The van der Waals surface area contributed by atoms with Crippen LogP contribution in [0.4, 0.5) is 23.4 Å². The number of anilines is 1. The summed E-state index contributed by atoms with van der Waals surface area (Å²) in [6.07, 6.45) is -1.24. The van der Waals surface area contributed by atoms with E-state index in [2.05, 4.69) is 14.7 Å². The lowest BCUT2D eigenvalue weighted by Gasteiger charge is -2.40. The summed E-state index contributed by atoms with van der Waals surface area (Å²) in [6, 6.07) is 6.17. The molecule has 0 bridgehead atoms. The van der Waals surface area contributed by atoms with Crippen molar-refractivity contribution in [3.05, 3.63) is 75.9 Å². The molecule has 0 saturated heterocycles. The van der Waals surface area contributed by atoms with Crippen LogP contribution >= 0.6 is 23.2 Å². The van der Waals surface area contributed by atoms with Crippen LogP contribution in [0.3, 0.4) is 0 Å². The van der Waals surface area contributed by atoms with Crippen LogP contribution in [-0.4, -0.2) is 49.5 Å². The van der Waals surface area contributed by atoms with E-state index in [1.807, 2.05) is 4.90 Å². The highest BCUT2D eigenvalue weighted by atomic mass is 35.5. The third-order valence-corrected chi connectivity index (χ3v) is 8.57. The van der Waals surface area contributed by atoms with Crippen molar-refractivity contribution in [1.82, 2.24) is 14.9 Å². The third kappa shape index (κ3) is 6.74. The molecule has 210 valence electrons. The van der Waals surface area contributed by atoms with Crippen molar-refractivity contribution in [3.8, 4) is 5.75 Å². The number of halogens is 6. The van der Waals surface area contributed by atoms with E-state index in [9.17, 15) is 26.0 Å². The fourth-order valence-electron chi connectivity index (χ4n) is 4.63. The van der Waals surface area contributed by atoms with Crippen molar-refractivity contribution >= 4 is 39.0 Å². The Labute approximate surface area is 233 Å². The fraction of sp³-hybridized carbons (Fsp3) is 0.360. The molecule has 0 spiro atoms. The van der Waals surface area contributed by atoms with Gasteiger partial charge >= 0.3 is 6.18 Å². The zero-order chi connectivity index (χ0) is 28.5. The molecule has 1 N–H and O–H groups in total. The van der Waals surface area contributed by atoms with Gasteiger partial charge in [-0.2, -0.15) is 13.2 Å². The first-order valence-corrected chi connectivity index (χ1v) is 14.0. The molecule has 1 aromatic heterocycles. The van der Waals surface area contributed by atoms with E-state index in [0.29, 0.717) is 24.8 Å². The van der Waals surface area contributed by atoms with Crippen molar-refractivity contribution in [1.29, 1.82) is 0 Å². The number of nitrogens with zero attached hydrogens (tertiary/aromatic N) is 3. The second-order valence-corrected chi connectivity index (χ2v) is 11.8. The van der Waals surface area contributed by atoms with Crippen LogP contribution in [0.25, 0.3) is 0 Å².